The number of para-hydroxylation sites is 3. The van der Waals surface area contributed by atoms with Crippen LogP contribution in [0, 0.1) is 11.8 Å². The highest BCUT2D eigenvalue weighted by molar-refractivity contribution is 5.77. The average Bonchev–Trinajstić information content (AvgIpc) is 3.41. The molecular formula is C30H39N5O3. The Morgan fingerprint density at radius 1 is 1.08 bits per heavy atom. The molecule has 0 spiro atoms. The van der Waals surface area contributed by atoms with E-state index in [1.807, 2.05) is 41.3 Å². The summed E-state index contributed by atoms with van der Waals surface area (Å²) in [6.45, 7) is 5.67. The highest BCUT2D eigenvalue weighted by atomic mass is 16.5. The minimum absolute atomic E-state index is 0.270. The van der Waals surface area contributed by atoms with Crippen molar-refractivity contribution in [3.63, 3.8) is 0 Å². The zero-order valence-corrected chi connectivity index (χ0v) is 22.5. The molecule has 2 aromatic carbocycles. The number of nitrogens with one attached hydrogen (secondary N) is 1. The number of hydrogen-bond donors (Lipinski definition) is 1. The summed E-state index contributed by atoms with van der Waals surface area (Å²) in [5, 5.41) is 7.89. The lowest BCUT2D eigenvalue weighted by atomic mass is 9.81. The predicted molar refractivity (Wildman–Crippen MR) is 150 cm³/mol. The van der Waals surface area contributed by atoms with Gasteiger partial charge in [0.15, 0.2) is 5.76 Å². The lowest BCUT2D eigenvalue weighted by Gasteiger charge is -2.38. The van der Waals surface area contributed by atoms with E-state index in [-0.39, 0.29) is 5.91 Å². The molecule has 1 amide bonds. The summed E-state index contributed by atoms with van der Waals surface area (Å²) < 4.78 is 11.2. The fraction of sp³-hybridized carbons (Fsp3) is 0.467. The van der Waals surface area contributed by atoms with E-state index in [4.69, 9.17) is 9.26 Å². The lowest BCUT2D eigenvalue weighted by molar-refractivity contribution is -0.133. The number of benzene rings is 2. The number of nitrogens with zero attached hydrogens (tertiary/aromatic N) is 4. The number of ether oxygens (including phenoxy) is 1. The van der Waals surface area contributed by atoms with Crippen LogP contribution in [0.4, 0.5) is 11.4 Å². The highest BCUT2D eigenvalue weighted by Crippen LogP contribution is 2.30. The molecule has 5 rings (SSSR count). The summed E-state index contributed by atoms with van der Waals surface area (Å²) >= 11 is 0. The molecule has 0 saturated carbocycles. The van der Waals surface area contributed by atoms with Crippen LogP contribution in [0.1, 0.15) is 24.3 Å². The van der Waals surface area contributed by atoms with E-state index in [9.17, 15) is 4.79 Å². The molecule has 38 heavy (non-hydrogen) atoms. The van der Waals surface area contributed by atoms with Gasteiger partial charge < -0.3 is 29.3 Å². The molecule has 2 fully saturated rings. The van der Waals surface area contributed by atoms with Gasteiger partial charge in [-0.05, 0) is 62.0 Å². The molecule has 2 aliphatic heterocycles. The van der Waals surface area contributed by atoms with Crippen LogP contribution in [-0.2, 0) is 17.8 Å². The Balaban J connectivity index is 1.14. The van der Waals surface area contributed by atoms with Crippen molar-refractivity contribution in [2.45, 2.75) is 25.8 Å². The van der Waals surface area contributed by atoms with Gasteiger partial charge in [0.25, 0.3) is 0 Å². The summed E-state index contributed by atoms with van der Waals surface area (Å²) in [4.78, 5) is 19.8. The fourth-order valence-corrected chi connectivity index (χ4v) is 5.73. The molecular weight excluding hydrogens is 478 g/mol. The standard InChI is InChI=1S/C30H39N5O3/c1-33(26-8-4-3-5-9-26)22-27-20-25(32-38-27)18-24-21-31-13-12-23(24)19-30(36)35-16-14-34(15-17-35)28-10-6-7-11-29(28)37-2/h3-11,20,23-24,31H,12-19,21-22H2,1-2H3/t23-,24+/m0/s1. The van der Waals surface area contributed by atoms with Crippen molar-refractivity contribution in [1.29, 1.82) is 0 Å². The Labute approximate surface area is 225 Å². The molecule has 1 N–H and O–H groups in total. The van der Waals surface area contributed by atoms with Crippen molar-refractivity contribution in [3.05, 3.63) is 72.1 Å². The first-order valence-corrected chi connectivity index (χ1v) is 13.7. The van der Waals surface area contributed by atoms with Gasteiger partial charge in [-0.2, -0.15) is 0 Å². The summed E-state index contributed by atoms with van der Waals surface area (Å²) in [6.07, 6.45) is 2.44. The molecule has 0 bridgehead atoms. The zero-order chi connectivity index (χ0) is 26.3. The maximum atomic E-state index is 13.3. The molecule has 0 radical (unpaired) electrons. The third kappa shape index (κ3) is 6.30. The van der Waals surface area contributed by atoms with E-state index in [0.29, 0.717) is 24.8 Å². The summed E-state index contributed by atoms with van der Waals surface area (Å²) in [5.41, 5.74) is 3.21. The highest BCUT2D eigenvalue weighted by Gasteiger charge is 2.31. The third-order valence-corrected chi connectivity index (χ3v) is 7.93. The Hall–Kier alpha value is -3.52. The Morgan fingerprint density at radius 2 is 1.84 bits per heavy atom. The smallest absolute Gasteiger partial charge is 0.222 e. The lowest BCUT2D eigenvalue weighted by Crippen LogP contribution is -2.50. The maximum Gasteiger partial charge on any atom is 0.222 e. The van der Waals surface area contributed by atoms with Crippen molar-refractivity contribution in [3.8, 4) is 5.75 Å². The van der Waals surface area contributed by atoms with Crippen LogP contribution in [0.3, 0.4) is 0 Å². The second kappa shape index (κ2) is 12.3. The second-order valence-electron chi connectivity index (χ2n) is 10.4. The van der Waals surface area contributed by atoms with Gasteiger partial charge in [-0.15, -0.1) is 0 Å². The molecule has 202 valence electrons. The first-order chi connectivity index (χ1) is 18.6. The van der Waals surface area contributed by atoms with Gasteiger partial charge in [0.2, 0.25) is 5.91 Å². The van der Waals surface area contributed by atoms with Crippen LogP contribution in [-0.4, -0.2) is 69.4 Å². The van der Waals surface area contributed by atoms with E-state index in [2.05, 4.69) is 51.6 Å². The largest absolute Gasteiger partial charge is 0.495 e. The maximum absolute atomic E-state index is 13.3. The number of carbonyl (C=O) groups is 1. The number of piperidine rings is 1. The van der Waals surface area contributed by atoms with Gasteiger partial charge in [-0.25, -0.2) is 0 Å². The Bertz CT molecular complexity index is 1180. The van der Waals surface area contributed by atoms with E-state index in [1.54, 1.807) is 7.11 Å². The van der Waals surface area contributed by atoms with E-state index >= 15 is 0 Å². The molecule has 1 aromatic heterocycles. The number of amides is 1. The van der Waals surface area contributed by atoms with Crippen molar-refractivity contribution < 1.29 is 14.1 Å². The molecule has 8 heteroatoms. The number of anilines is 2. The van der Waals surface area contributed by atoms with Crippen LogP contribution < -0.4 is 19.9 Å². The van der Waals surface area contributed by atoms with E-state index < -0.39 is 0 Å². The normalized spacial score (nSPS) is 19.8. The quantitative estimate of drug-likeness (QED) is 0.463. The van der Waals surface area contributed by atoms with Crippen LogP contribution in [0.2, 0.25) is 0 Å². The number of carbonyl (C=O) groups excluding carboxylic acids is 1. The first-order valence-electron chi connectivity index (χ1n) is 13.7. The van der Waals surface area contributed by atoms with Crippen LogP contribution in [0.25, 0.3) is 0 Å². The summed E-state index contributed by atoms with van der Waals surface area (Å²) in [6, 6.07) is 20.4. The molecule has 0 aliphatic carbocycles. The topological polar surface area (TPSA) is 74.1 Å². The summed E-state index contributed by atoms with van der Waals surface area (Å²) in [7, 11) is 3.76. The van der Waals surface area contributed by atoms with Gasteiger partial charge in [0.05, 0.1) is 25.0 Å². The predicted octanol–water partition coefficient (Wildman–Crippen LogP) is 3.83. The fourth-order valence-electron chi connectivity index (χ4n) is 5.73. The molecule has 2 saturated heterocycles. The number of aromatic nitrogens is 1. The van der Waals surface area contributed by atoms with E-state index in [0.717, 1.165) is 80.7 Å². The summed E-state index contributed by atoms with van der Waals surface area (Å²) in [5.74, 6) is 2.73. The van der Waals surface area contributed by atoms with Gasteiger partial charge in [0, 0.05) is 51.4 Å². The SMILES string of the molecule is COc1ccccc1N1CCN(C(=O)C[C@@H]2CCNC[C@H]2Cc2cc(CN(C)c3ccccc3)on2)CC1. The van der Waals surface area contributed by atoms with Gasteiger partial charge in [-0.1, -0.05) is 35.5 Å². The van der Waals surface area contributed by atoms with Crippen LogP contribution >= 0.6 is 0 Å². The monoisotopic (exact) mass is 517 g/mol. The minimum Gasteiger partial charge on any atom is -0.495 e. The van der Waals surface area contributed by atoms with Gasteiger partial charge >= 0.3 is 0 Å². The van der Waals surface area contributed by atoms with Crippen molar-refractivity contribution in [2.24, 2.45) is 11.8 Å². The number of piperazine rings is 1. The second-order valence-corrected chi connectivity index (χ2v) is 10.4. The van der Waals surface area contributed by atoms with Crippen molar-refractivity contribution in [1.82, 2.24) is 15.4 Å². The van der Waals surface area contributed by atoms with Crippen molar-refractivity contribution >= 4 is 17.3 Å². The molecule has 2 aliphatic rings. The van der Waals surface area contributed by atoms with Gasteiger partial charge in [-0.3, -0.25) is 4.79 Å². The first kappa shape index (κ1) is 26.1. The van der Waals surface area contributed by atoms with Gasteiger partial charge in [0.1, 0.15) is 5.75 Å². The van der Waals surface area contributed by atoms with E-state index in [1.165, 1.54) is 0 Å². The van der Waals surface area contributed by atoms with Crippen molar-refractivity contribution in [2.75, 3.05) is 63.2 Å². The van der Waals surface area contributed by atoms with Crippen LogP contribution in [0.5, 0.6) is 5.75 Å². The average molecular weight is 518 g/mol. The zero-order valence-electron chi connectivity index (χ0n) is 22.5. The molecule has 3 aromatic rings. The molecule has 8 nitrogen and oxygen atoms in total. The molecule has 0 unspecified atom stereocenters. The molecule has 2 atom stereocenters. The minimum atomic E-state index is 0.270. The number of methoxy groups -OCH3 is 1. The van der Waals surface area contributed by atoms with Crippen LogP contribution in [0.15, 0.2) is 65.2 Å². The Kier molecular flexibility index (Phi) is 8.48. The number of hydrogen-bond acceptors (Lipinski definition) is 7. The third-order valence-electron chi connectivity index (χ3n) is 7.93. The Morgan fingerprint density at radius 3 is 2.63 bits per heavy atom. The number of rotatable bonds is 9. The molecule has 3 heterocycles.